The molecule has 0 aliphatic carbocycles. The molecular weight excluding hydrogens is 368 g/mol. The van der Waals surface area contributed by atoms with E-state index in [1.54, 1.807) is 25.4 Å². The van der Waals surface area contributed by atoms with E-state index in [0.29, 0.717) is 17.5 Å². The number of benzene rings is 1. The number of H-pyrrole nitrogens is 1. The summed E-state index contributed by atoms with van der Waals surface area (Å²) in [6.45, 7) is 4.37. The number of ether oxygens (including phenoxy) is 3. The van der Waals surface area contributed by atoms with E-state index in [-0.39, 0.29) is 11.9 Å². The molecule has 1 unspecified atom stereocenters. The number of piperidine rings is 1. The summed E-state index contributed by atoms with van der Waals surface area (Å²) in [6.07, 6.45) is 4.56. The number of carbonyl (C=O) groups excluding carboxylic acids is 1. The van der Waals surface area contributed by atoms with E-state index in [2.05, 4.69) is 18.0 Å². The van der Waals surface area contributed by atoms with E-state index in [9.17, 15) is 4.79 Å². The Morgan fingerprint density at radius 3 is 2.83 bits per heavy atom. The van der Waals surface area contributed by atoms with Gasteiger partial charge in [-0.15, -0.1) is 0 Å². The number of hydrogen-bond acceptors (Lipinski definition) is 4. The number of nitrogens with one attached hydrogen (secondary N) is 2. The van der Waals surface area contributed by atoms with Crippen molar-refractivity contribution in [3.05, 3.63) is 41.3 Å². The van der Waals surface area contributed by atoms with Gasteiger partial charge in [0, 0.05) is 35.6 Å². The summed E-state index contributed by atoms with van der Waals surface area (Å²) in [7, 11) is 4.76. The molecule has 0 spiro atoms. The molecule has 2 N–H and O–H groups in total. The first-order valence-electron chi connectivity index (χ1n) is 10.5. The van der Waals surface area contributed by atoms with Crippen molar-refractivity contribution < 1.29 is 23.9 Å². The normalized spacial score (nSPS) is 26.6. The maximum atomic E-state index is 12.5. The second-order valence-electron chi connectivity index (χ2n) is 8.13. The number of quaternary nitrogens is 1. The Morgan fingerprint density at radius 2 is 2.14 bits per heavy atom. The lowest BCUT2D eigenvalue weighted by Crippen LogP contribution is -3.15. The van der Waals surface area contributed by atoms with E-state index in [4.69, 9.17) is 14.2 Å². The molecule has 0 saturated carbocycles. The predicted molar refractivity (Wildman–Crippen MR) is 111 cm³/mol. The lowest BCUT2D eigenvalue weighted by Gasteiger charge is -2.43. The second kappa shape index (κ2) is 8.11. The summed E-state index contributed by atoms with van der Waals surface area (Å²) in [6, 6.07) is 6.51. The average molecular weight is 400 g/mol. The van der Waals surface area contributed by atoms with Crippen LogP contribution in [0.1, 0.15) is 37.1 Å². The van der Waals surface area contributed by atoms with Gasteiger partial charge in [0.2, 0.25) is 0 Å². The van der Waals surface area contributed by atoms with Gasteiger partial charge in [0.1, 0.15) is 11.8 Å². The van der Waals surface area contributed by atoms with E-state index >= 15 is 0 Å². The Kier molecular flexibility index (Phi) is 5.54. The fraction of sp³-hybridized carbons (Fsp3) is 0.522. The minimum absolute atomic E-state index is 0.125. The number of hydrogen-bond donors (Lipinski definition) is 2. The van der Waals surface area contributed by atoms with Crippen LogP contribution < -0.4 is 9.64 Å². The average Bonchev–Trinajstić information content (AvgIpc) is 3.15. The molecular formula is C23H31N2O4+. The third-order valence-electron chi connectivity index (χ3n) is 6.85. The van der Waals surface area contributed by atoms with Crippen molar-refractivity contribution in [1.29, 1.82) is 0 Å². The lowest BCUT2D eigenvalue weighted by atomic mass is 9.74. The largest absolute Gasteiger partial charge is 0.504 e. The van der Waals surface area contributed by atoms with Crippen molar-refractivity contribution in [3.63, 3.8) is 0 Å². The third-order valence-corrected chi connectivity index (χ3v) is 6.85. The fourth-order valence-electron chi connectivity index (χ4n) is 5.49. The summed E-state index contributed by atoms with van der Waals surface area (Å²) in [5.74, 6) is 1.20. The molecule has 156 valence electrons. The Morgan fingerprint density at radius 1 is 1.31 bits per heavy atom. The van der Waals surface area contributed by atoms with Crippen LogP contribution in [0.25, 0.3) is 10.9 Å². The fourth-order valence-corrected chi connectivity index (χ4v) is 5.49. The zero-order valence-corrected chi connectivity index (χ0v) is 17.7. The van der Waals surface area contributed by atoms with Crippen LogP contribution in [-0.2, 0) is 20.7 Å². The predicted octanol–water partition coefficient (Wildman–Crippen LogP) is 2.41. The monoisotopic (exact) mass is 399 g/mol. The van der Waals surface area contributed by atoms with Gasteiger partial charge in [-0.2, -0.15) is 0 Å². The summed E-state index contributed by atoms with van der Waals surface area (Å²) in [4.78, 5) is 17.8. The second-order valence-corrected chi connectivity index (χ2v) is 8.13. The van der Waals surface area contributed by atoms with E-state index < -0.39 is 0 Å². The van der Waals surface area contributed by atoms with Crippen LogP contribution in [0, 0.1) is 11.8 Å². The van der Waals surface area contributed by atoms with E-state index in [0.717, 1.165) is 43.6 Å². The Hall–Kier alpha value is -2.47. The number of aromatic nitrogens is 1. The number of methoxy groups -OCH3 is 3. The van der Waals surface area contributed by atoms with Crippen LogP contribution in [0.3, 0.4) is 0 Å². The van der Waals surface area contributed by atoms with Gasteiger partial charge in [-0.3, -0.25) is 0 Å². The van der Waals surface area contributed by atoms with E-state index in [1.807, 2.05) is 12.1 Å². The SMILES string of the molecule is CC[C@@H]1C[NH+]2CCc3c([nH]c4cccc(OC)c34)[C@@H]2C[C@@H]1/C(=C\OC)C(=O)OC. The van der Waals surface area contributed by atoms with Gasteiger partial charge in [0.15, 0.2) is 0 Å². The molecule has 2 aromatic rings. The van der Waals surface area contributed by atoms with Crippen molar-refractivity contribution >= 4 is 16.9 Å². The highest BCUT2D eigenvalue weighted by Crippen LogP contribution is 2.40. The first-order valence-corrected chi connectivity index (χ1v) is 10.5. The topological polar surface area (TPSA) is 65.0 Å². The van der Waals surface area contributed by atoms with Crippen molar-refractivity contribution in [1.82, 2.24) is 4.98 Å². The molecule has 1 aromatic carbocycles. The number of esters is 1. The summed E-state index contributed by atoms with van der Waals surface area (Å²) in [5.41, 5.74) is 4.45. The molecule has 6 nitrogen and oxygen atoms in total. The van der Waals surface area contributed by atoms with Crippen molar-refractivity contribution in [2.24, 2.45) is 11.8 Å². The lowest BCUT2D eigenvalue weighted by molar-refractivity contribution is -0.944. The quantitative estimate of drug-likeness (QED) is 0.460. The third kappa shape index (κ3) is 3.29. The Bertz CT molecular complexity index is 932. The number of aromatic amines is 1. The molecule has 0 bridgehead atoms. The van der Waals surface area contributed by atoms with Crippen LogP contribution >= 0.6 is 0 Å². The highest BCUT2D eigenvalue weighted by molar-refractivity contribution is 5.91. The van der Waals surface area contributed by atoms with Crippen LogP contribution in [0.5, 0.6) is 5.75 Å². The van der Waals surface area contributed by atoms with E-state index in [1.165, 1.54) is 23.8 Å². The van der Waals surface area contributed by atoms with Crippen LogP contribution in [0.4, 0.5) is 0 Å². The van der Waals surface area contributed by atoms with Gasteiger partial charge in [-0.05, 0) is 24.1 Å². The first-order chi connectivity index (χ1) is 14.1. The van der Waals surface area contributed by atoms with Crippen molar-refractivity contribution in [2.75, 3.05) is 34.4 Å². The number of carbonyl (C=O) groups is 1. The maximum Gasteiger partial charge on any atom is 0.337 e. The summed E-state index contributed by atoms with van der Waals surface area (Å²) in [5, 5.41) is 1.21. The van der Waals surface area contributed by atoms with Gasteiger partial charge in [0.05, 0.1) is 51.9 Å². The first kappa shape index (κ1) is 19.8. The van der Waals surface area contributed by atoms with Gasteiger partial charge >= 0.3 is 5.97 Å². The molecule has 1 saturated heterocycles. The molecule has 1 fully saturated rings. The van der Waals surface area contributed by atoms with Gasteiger partial charge in [-0.1, -0.05) is 13.0 Å². The van der Waals surface area contributed by atoms with Crippen molar-refractivity contribution in [2.45, 2.75) is 32.2 Å². The molecule has 4 rings (SSSR count). The smallest absolute Gasteiger partial charge is 0.337 e. The van der Waals surface area contributed by atoms with Gasteiger partial charge in [-0.25, -0.2) is 4.79 Å². The molecule has 29 heavy (non-hydrogen) atoms. The number of rotatable bonds is 5. The van der Waals surface area contributed by atoms with Crippen LogP contribution in [0.15, 0.2) is 30.0 Å². The maximum absolute atomic E-state index is 12.5. The highest BCUT2D eigenvalue weighted by Gasteiger charge is 2.45. The summed E-state index contributed by atoms with van der Waals surface area (Å²) >= 11 is 0. The van der Waals surface area contributed by atoms with Crippen molar-refractivity contribution in [3.8, 4) is 5.75 Å². The molecule has 2 aliphatic heterocycles. The Balaban J connectivity index is 1.76. The standard InChI is InChI=1S/C23H30N2O4/c1-5-14-12-25-10-9-15-21-18(7-6-8-20(21)28-3)24-22(15)19(25)11-16(14)17(13-27-2)23(26)29-4/h6-8,13-14,16,19,24H,5,9-12H2,1-4H3/p+1/b17-13+/t14-,16+,19+/m1/s1. The zero-order valence-electron chi connectivity index (χ0n) is 17.7. The molecule has 0 amide bonds. The molecule has 6 heteroatoms. The molecule has 4 atom stereocenters. The molecule has 0 radical (unpaired) electrons. The minimum Gasteiger partial charge on any atom is -0.504 e. The molecule has 1 aromatic heterocycles. The summed E-state index contributed by atoms with van der Waals surface area (Å²) < 4.78 is 16.0. The minimum atomic E-state index is -0.284. The van der Waals surface area contributed by atoms with Crippen LogP contribution in [-0.4, -0.2) is 45.4 Å². The Labute approximate surface area is 171 Å². The molecule has 2 aliphatic rings. The zero-order chi connectivity index (χ0) is 20.5. The number of fused-ring (bicyclic) bond motifs is 5. The van der Waals surface area contributed by atoms with Gasteiger partial charge in [0.25, 0.3) is 0 Å². The molecule has 3 heterocycles. The highest BCUT2D eigenvalue weighted by atomic mass is 16.5. The van der Waals surface area contributed by atoms with Crippen LogP contribution in [0.2, 0.25) is 0 Å². The van der Waals surface area contributed by atoms with Gasteiger partial charge < -0.3 is 24.1 Å².